The van der Waals surface area contributed by atoms with Crippen molar-refractivity contribution in [2.45, 2.75) is 33.7 Å². The number of nitrogens with zero attached hydrogens (tertiary/aromatic N) is 2. The molecule has 0 atom stereocenters. The lowest BCUT2D eigenvalue weighted by atomic mass is 10.1. The second-order valence-electron chi connectivity index (χ2n) is 7.26. The summed E-state index contributed by atoms with van der Waals surface area (Å²) >= 11 is 9.61. The van der Waals surface area contributed by atoms with E-state index in [4.69, 9.17) is 11.6 Å². The molecule has 3 aromatic rings. The minimum atomic E-state index is -0.230. The fraction of sp³-hybridized carbons (Fsp3) is 0.273. The lowest BCUT2D eigenvalue weighted by Crippen LogP contribution is -2.27. The van der Waals surface area contributed by atoms with Crippen molar-refractivity contribution in [3.05, 3.63) is 74.2 Å². The summed E-state index contributed by atoms with van der Waals surface area (Å²) in [6.07, 6.45) is 0.434. The molecule has 0 unspecified atom stereocenters. The van der Waals surface area contributed by atoms with Crippen LogP contribution in [0.4, 0.5) is 0 Å². The largest absolute Gasteiger partial charge is 0.333 e. The van der Waals surface area contributed by atoms with Gasteiger partial charge in [-0.3, -0.25) is 13.9 Å². The summed E-state index contributed by atoms with van der Waals surface area (Å²) in [6.45, 7) is 5.93. The van der Waals surface area contributed by atoms with Crippen LogP contribution < -0.4 is 5.69 Å². The van der Waals surface area contributed by atoms with Crippen LogP contribution in [0.25, 0.3) is 16.9 Å². The van der Waals surface area contributed by atoms with Crippen molar-refractivity contribution in [2.75, 3.05) is 0 Å². The van der Waals surface area contributed by atoms with Gasteiger partial charge in [0, 0.05) is 27.2 Å². The summed E-state index contributed by atoms with van der Waals surface area (Å²) in [5, 5.41) is 0.584. The fourth-order valence-corrected chi connectivity index (χ4v) is 3.85. The van der Waals surface area contributed by atoms with E-state index in [1.165, 1.54) is 0 Å². The minimum absolute atomic E-state index is 0.0355. The lowest BCUT2D eigenvalue weighted by Gasteiger charge is -2.09. The fourth-order valence-electron chi connectivity index (χ4n) is 3.40. The Hall–Kier alpha value is -2.11. The molecule has 0 bridgehead atoms. The molecule has 0 fully saturated rings. The van der Waals surface area contributed by atoms with Crippen molar-refractivity contribution in [3.63, 3.8) is 0 Å². The Balaban J connectivity index is 2.21. The Kier molecular flexibility index (Phi) is 6.26. The van der Waals surface area contributed by atoms with Crippen LogP contribution in [0, 0.1) is 12.8 Å². The first-order valence-corrected chi connectivity index (χ1v) is 10.3. The average molecular weight is 462 g/mol. The molecule has 0 spiro atoms. The van der Waals surface area contributed by atoms with Crippen LogP contribution in [-0.2, 0) is 11.3 Å². The SMILES string of the molecule is Cc1c(-c2cccc(Cl)c2)n(CC(=O)CC(C)C)c(=O)n1-c1ccc(Br)cc1. The van der Waals surface area contributed by atoms with E-state index in [0.29, 0.717) is 17.1 Å². The molecular weight excluding hydrogens is 440 g/mol. The van der Waals surface area contributed by atoms with Crippen molar-refractivity contribution >= 4 is 33.3 Å². The lowest BCUT2D eigenvalue weighted by molar-refractivity contribution is -0.120. The van der Waals surface area contributed by atoms with E-state index in [1.807, 2.05) is 63.2 Å². The number of carbonyl (C=O) groups is 1. The molecule has 0 aliphatic carbocycles. The Labute approximate surface area is 177 Å². The number of hydrogen-bond donors (Lipinski definition) is 0. The van der Waals surface area contributed by atoms with Gasteiger partial charge >= 0.3 is 5.69 Å². The molecular formula is C22H22BrClN2O2. The molecule has 0 N–H and O–H groups in total. The topological polar surface area (TPSA) is 44.0 Å². The third-order valence-electron chi connectivity index (χ3n) is 4.52. The smallest absolute Gasteiger partial charge is 0.298 e. The summed E-state index contributed by atoms with van der Waals surface area (Å²) in [6, 6.07) is 14.9. The summed E-state index contributed by atoms with van der Waals surface area (Å²) in [7, 11) is 0. The molecule has 0 amide bonds. The molecule has 0 aliphatic rings. The molecule has 6 heteroatoms. The molecule has 0 aliphatic heterocycles. The number of rotatable bonds is 6. The zero-order chi connectivity index (χ0) is 20.4. The van der Waals surface area contributed by atoms with Crippen molar-refractivity contribution in [1.29, 1.82) is 0 Å². The van der Waals surface area contributed by atoms with E-state index in [-0.39, 0.29) is 23.9 Å². The molecule has 0 saturated heterocycles. The van der Waals surface area contributed by atoms with Gasteiger partial charge in [0.2, 0.25) is 0 Å². The molecule has 2 aromatic carbocycles. The van der Waals surface area contributed by atoms with Crippen molar-refractivity contribution < 1.29 is 4.79 Å². The predicted molar refractivity (Wildman–Crippen MR) is 117 cm³/mol. The van der Waals surface area contributed by atoms with Gasteiger partial charge in [-0.25, -0.2) is 4.79 Å². The number of aromatic nitrogens is 2. The molecule has 3 rings (SSSR count). The van der Waals surface area contributed by atoms with E-state index in [1.54, 1.807) is 15.2 Å². The number of ketones is 1. The Morgan fingerprint density at radius 1 is 1.14 bits per heavy atom. The van der Waals surface area contributed by atoms with E-state index < -0.39 is 0 Å². The monoisotopic (exact) mass is 460 g/mol. The van der Waals surface area contributed by atoms with Crippen LogP contribution in [0.15, 0.2) is 57.8 Å². The van der Waals surface area contributed by atoms with Gasteiger partial charge in [0.05, 0.1) is 17.9 Å². The zero-order valence-corrected chi connectivity index (χ0v) is 18.4. The number of Topliss-reactive ketones (excluding diaryl/α,β-unsaturated/α-hetero) is 1. The van der Waals surface area contributed by atoms with Gasteiger partial charge in [0.15, 0.2) is 5.78 Å². The molecule has 0 saturated carbocycles. The number of hydrogen-bond acceptors (Lipinski definition) is 2. The zero-order valence-electron chi connectivity index (χ0n) is 16.1. The highest BCUT2D eigenvalue weighted by molar-refractivity contribution is 9.10. The van der Waals surface area contributed by atoms with Crippen LogP contribution >= 0.6 is 27.5 Å². The number of benzene rings is 2. The maximum atomic E-state index is 13.3. The Morgan fingerprint density at radius 2 is 1.82 bits per heavy atom. The molecule has 1 heterocycles. The Bertz CT molecular complexity index is 1070. The van der Waals surface area contributed by atoms with Gasteiger partial charge < -0.3 is 0 Å². The highest BCUT2D eigenvalue weighted by atomic mass is 79.9. The van der Waals surface area contributed by atoms with Gasteiger partial charge in [0.1, 0.15) is 0 Å². The second-order valence-corrected chi connectivity index (χ2v) is 8.61. The van der Waals surface area contributed by atoms with Gasteiger partial charge in [0.25, 0.3) is 0 Å². The van der Waals surface area contributed by atoms with Crippen molar-refractivity contribution in [1.82, 2.24) is 9.13 Å². The third kappa shape index (κ3) is 4.31. The van der Waals surface area contributed by atoms with E-state index in [2.05, 4.69) is 15.9 Å². The van der Waals surface area contributed by atoms with E-state index >= 15 is 0 Å². The number of carbonyl (C=O) groups excluding carboxylic acids is 1. The molecule has 1 aromatic heterocycles. The molecule has 4 nitrogen and oxygen atoms in total. The highest BCUT2D eigenvalue weighted by Crippen LogP contribution is 2.27. The first-order valence-electron chi connectivity index (χ1n) is 9.13. The van der Waals surface area contributed by atoms with Crippen molar-refractivity contribution in [2.24, 2.45) is 5.92 Å². The predicted octanol–water partition coefficient (Wildman–Crippen LogP) is 5.65. The van der Waals surface area contributed by atoms with Crippen LogP contribution in [0.1, 0.15) is 26.0 Å². The molecule has 146 valence electrons. The average Bonchev–Trinajstić information content (AvgIpc) is 2.85. The number of imidazole rings is 1. The number of halogens is 2. The maximum absolute atomic E-state index is 13.3. The minimum Gasteiger partial charge on any atom is -0.298 e. The normalized spacial score (nSPS) is 11.2. The van der Waals surface area contributed by atoms with Gasteiger partial charge in [-0.05, 0) is 49.2 Å². The van der Waals surface area contributed by atoms with Crippen LogP contribution in [-0.4, -0.2) is 14.9 Å². The molecule has 0 radical (unpaired) electrons. The highest BCUT2D eigenvalue weighted by Gasteiger charge is 2.21. The third-order valence-corrected chi connectivity index (χ3v) is 5.29. The summed E-state index contributed by atoms with van der Waals surface area (Å²) in [5.41, 5.74) is 2.82. The van der Waals surface area contributed by atoms with Crippen LogP contribution in [0.2, 0.25) is 5.02 Å². The van der Waals surface area contributed by atoms with E-state index in [9.17, 15) is 9.59 Å². The molecule has 28 heavy (non-hydrogen) atoms. The first kappa shape index (κ1) is 20.6. The van der Waals surface area contributed by atoms with Gasteiger partial charge in [-0.1, -0.05) is 53.5 Å². The van der Waals surface area contributed by atoms with E-state index in [0.717, 1.165) is 21.4 Å². The standard InChI is InChI=1S/C22H22BrClN2O2/c1-14(2)11-20(27)13-25-21(16-5-4-6-18(24)12-16)15(3)26(22(25)28)19-9-7-17(23)8-10-19/h4-10,12,14H,11,13H2,1-3H3. The van der Waals surface area contributed by atoms with Crippen LogP contribution in [0.5, 0.6) is 0 Å². The Morgan fingerprint density at radius 3 is 2.43 bits per heavy atom. The van der Waals surface area contributed by atoms with Crippen molar-refractivity contribution in [3.8, 4) is 16.9 Å². The summed E-state index contributed by atoms with van der Waals surface area (Å²) < 4.78 is 4.14. The summed E-state index contributed by atoms with van der Waals surface area (Å²) in [5.74, 6) is 0.279. The van der Waals surface area contributed by atoms with Gasteiger partial charge in [-0.15, -0.1) is 0 Å². The summed E-state index contributed by atoms with van der Waals surface area (Å²) in [4.78, 5) is 25.8. The second kappa shape index (κ2) is 8.50. The van der Waals surface area contributed by atoms with Gasteiger partial charge in [-0.2, -0.15) is 0 Å². The quantitative estimate of drug-likeness (QED) is 0.476. The maximum Gasteiger partial charge on any atom is 0.333 e. The van der Waals surface area contributed by atoms with Crippen LogP contribution in [0.3, 0.4) is 0 Å². The first-order chi connectivity index (χ1) is 13.3.